The molecule has 57 valence electrons. The molecule has 4 heteroatoms. The van der Waals surface area contributed by atoms with Crippen LogP contribution in [-0.4, -0.2) is 20.4 Å². The quantitative estimate of drug-likeness (QED) is 0.590. The highest BCUT2D eigenvalue weighted by atomic mass is 28.1. The van der Waals surface area contributed by atoms with Crippen molar-refractivity contribution in [2.24, 2.45) is 0 Å². The zero-order valence-corrected chi connectivity index (χ0v) is 7.19. The van der Waals surface area contributed by atoms with Gasteiger partial charge in [0.15, 0.2) is 15.8 Å². The maximum absolute atomic E-state index is 5.16. The van der Waals surface area contributed by atoms with Crippen molar-refractivity contribution >= 4 is 15.8 Å². The molecule has 0 aliphatic rings. The molecule has 0 amide bonds. The number of rotatable bonds is 1. The van der Waals surface area contributed by atoms with Crippen LogP contribution in [0.2, 0.25) is 0 Å². The Morgan fingerprint density at radius 3 is 2.42 bits per heavy atom. The number of aromatic nitrogens is 2. The van der Waals surface area contributed by atoms with E-state index in [1.54, 1.807) is 0 Å². The second-order valence-electron chi connectivity index (χ2n) is 2.28. The van der Waals surface area contributed by atoms with Crippen molar-refractivity contribution in [3.63, 3.8) is 0 Å². The number of benzene rings is 1. The molecular formula is C8H5N2OSi. The Morgan fingerprint density at radius 1 is 1.08 bits per heavy atom. The summed E-state index contributed by atoms with van der Waals surface area (Å²) in [6.07, 6.45) is 0. The molecule has 0 fully saturated rings. The summed E-state index contributed by atoms with van der Waals surface area (Å²) in [6.45, 7) is 0. The summed E-state index contributed by atoms with van der Waals surface area (Å²) in [4.78, 5) is 0. The van der Waals surface area contributed by atoms with Crippen molar-refractivity contribution in [2.75, 3.05) is 0 Å². The average molecular weight is 173 g/mol. The van der Waals surface area contributed by atoms with Crippen molar-refractivity contribution in [3.8, 4) is 11.5 Å². The van der Waals surface area contributed by atoms with Gasteiger partial charge in [-0.15, -0.1) is 10.2 Å². The molecular weight excluding hydrogens is 168 g/mol. The van der Waals surface area contributed by atoms with Gasteiger partial charge in [0.2, 0.25) is 5.89 Å². The van der Waals surface area contributed by atoms with Gasteiger partial charge in [-0.05, 0) is 12.1 Å². The van der Waals surface area contributed by atoms with E-state index in [0.29, 0.717) is 11.4 Å². The molecule has 2 rings (SSSR count). The predicted octanol–water partition coefficient (Wildman–Crippen LogP) is 0.530. The van der Waals surface area contributed by atoms with E-state index >= 15 is 0 Å². The number of hydrogen-bond acceptors (Lipinski definition) is 3. The molecule has 3 nitrogen and oxygen atoms in total. The van der Waals surface area contributed by atoms with Crippen LogP contribution in [0.25, 0.3) is 11.5 Å². The summed E-state index contributed by atoms with van der Waals surface area (Å²) in [5.41, 5.74) is 1.32. The van der Waals surface area contributed by atoms with Crippen LogP contribution >= 0.6 is 0 Å². The van der Waals surface area contributed by atoms with Crippen LogP contribution < -0.4 is 5.51 Å². The lowest BCUT2D eigenvalue weighted by Gasteiger charge is -1.90. The smallest absolute Gasteiger partial charge is 0.247 e. The number of nitrogens with zero attached hydrogens (tertiary/aromatic N) is 2. The SMILES string of the molecule is [Si]c1nnc(-c2ccccc2)o1. The summed E-state index contributed by atoms with van der Waals surface area (Å²) in [6, 6.07) is 9.62. The van der Waals surface area contributed by atoms with Gasteiger partial charge >= 0.3 is 0 Å². The molecule has 0 N–H and O–H groups in total. The van der Waals surface area contributed by atoms with Gasteiger partial charge in [0.1, 0.15) is 0 Å². The van der Waals surface area contributed by atoms with Crippen molar-refractivity contribution < 1.29 is 4.42 Å². The van der Waals surface area contributed by atoms with E-state index in [1.165, 1.54) is 0 Å². The third-order valence-corrected chi connectivity index (χ3v) is 1.65. The van der Waals surface area contributed by atoms with Gasteiger partial charge in [0.25, 0.3) is 0 Å². The minimum Gasteiger partial charge on any atom is -0.427 e. The molecule has 3 radical (unpaired) electrons. The second-order valence-corrected chi connectivity index (χ2v) is 2.71. The fraction of sp³-hybridized carbons (Fsp3) is 0. The molecule has 0 saturated carbocycles. The first-order chi connectivity index (χ1) is 5.86. The van der Waals surface area contributed by atoms with Gasteiger partial charge in [-0.25, -0.2) is 0 Å². The van der Waals surface area contributed by atoms with E-state index < -0.39 is 0 Å². The molecule has 1 aromatic heterocycles. The van der Waals surface area contributed by atoms with Crippen molar-refractivity contribution in [1.82, 2.24) is 10.2 Å². The van der Waals surface area contributed by atoms with E-state index in [4.69, 9.17) is 4.42 Å². The average Bonchev–Trinajstić information content (AvgIpc) is 2.54. The van der Waals surface area contributed by atoms with Gasteiger partial charge < -0.3 is 4.42 Å². The number of hydrogen-bond donors (Lipinski definition) is 0. The lowest BCUT2D eigenvalue weighted by Crippen LogP contribution is -2.00. The topological polar surface area (TPSA) is 38.9 Å². The van der Waals surface area contributed by atoms with Gasteiger partial charge in [0, 0.05) is 5.56 Å². The first-order valence-corrected chi connectivity index (χ1v) is 3.97. The minimum absolute atomic E-state index is 0.397. The highest BCUT2D eigenvalue weighted by Crippen LogP contribution is 2.13. The predicted molar refractivity (Wildman–Crippen MR) is 45.1 cm³/mol. The monoisotopic (exact) mass is 173 g/mol. The maximum Gasteiger partial charge on any atom is 0.247 e. The fourth-order valence-corrected chi connectivity index (χ4v) is 1.07. The van der Waals surface area contributed by atoms with Gasteiger partial charge in [-0.2, -0.15) is 0 Å². The van der Waals surface area contributed by atoms with Crippen LogP contribution in [0.3, 0.4) is 0 Å². The Morgan fingerprint density at radius 2 is 1.83 bits per heavy atom. The zero-order valence-electron chi connectivity index (χ0n) is 6.19. The molecule has 0 aliphatic carbocycles. The third-order valence-electron chi connectivity index (χ3n) is 1.45. The standard InChI is InChI=1S/C8H5N2OSi/c12-8-10-9-7(11-8)6-4-2-1-3-5-6/h1-5H. The van der Waals surface area contributed by atoms with Gasteiger partial charge in [-0.3, -0.25) is 0 Å². The molecule has 1 heterocycles. The minimum atomic E-state index is 0.397. The van der Waals surface area contributed by atoms with Crippen molar-refractivity contribution in [1.29, 1.82) is 0 Å². The zero-order chi connectivity index (χ0) is 8.39. The maximum atomic E-state index is 5.16. The van der Waals surface area contributed by atoms with Crippen LogP contribution in [0.4, 0.5) is 0 Å². The Balaban J connectivity index is 2.45. The summed E-state index contributed by atoms with van der Waals surface area (Å²) >= 11 is 0. The van der Waals surface area contributed by atoms with E-state index in [1.807, 2.05) is 30.3 Å². The molecule has 0 bridgehead atoms. The largest absolute Gasteiger partial charge is 0.427 e. The highest BCUT2D eigenvalue weighted by Gasteiger charge is 2.02. The van der Waals surface area contributed by atoms with E-state index in [2.05, 4.69) is 20.4 Å². The summed E-state index contributed by atoms with van der Waals surface area (Å²) in [5, 5.41) is 7.51. The molecule has 0 aliphatic heterocycles. The first kappa shape index (κ1) is 7.24. The van der Waals surface area contributed by atoms with Crippen LogP contribution in [0.1, 0.15) is 0 Å². The molecule has 1 aromatic carbocycles. The highest BCUT2D eigenvalue weighted by molar-refractivity contribution is 6.28. The van der Waals surface area contributed by atoms with Gasteiger partial charge in [-0.1, -0.05) is 18.2 Å². The van der Waals surface area contributed by atoms with Crippen LogP contribution in [-0.2, 0) is 0 Å². The van der Waals surface area contributed by atoms with Crippen LogP contribution in [0.15, 0.2) is 34.7 Å². The van der Waals surface area contributed by atoms with E-state index in [9.17, 15) is 0 Å². The third kappa shape index (κ3) is 1.28. The Kier molecular flexibility index (Phi) is 1.75. The molecule has 0 saturated heterocycles. The van der Waals surface area contributed by atoms with Crippen molar-refractivity contribution in [3.05, 3.63) is 30.3 Å². The molecule has 0 unspecified atom stereocenters. The van der Waals surface area contributed by atoms with Crippen LogP contribution in [0, 0.1) is 0 Å². The summed E-state index contributed by atoms with van der Waals surface area (Å²) < 4.78 is 5.16. The second kappa shape index (κ2) is 2.90. The van der Waals surface area contributed by atoms with Crippen molar-refractivity contribution in [2.45, 2.75) is 0 Å². The molecule has 0 spiro atoms. The Hall–Kier alpha value is -1.42. The Bertz CT molecular complexity index is 372. The van der Waals surface area contributed by atoms with E-state index in [0.717, 1.165) is 5.56 Å². The Labute approximate surface area is 72.9 Å². The molecule has 12 heavy (non-hydrogen) atoms. The van der Waals surface area contributed by atoms with E-state index in [-0.39, 0.29) is 0 Å². The summed E-state index contributed by atoms with van der Waals surface area (Å²) in [7, 11) is 3.14. The molecule has 0 atom stereocenters. The lowest BCUT2D eigenvalue weighted by molar-refractivity contribution is 0.605. The molecule has 2 aromatic rings. The first-order valence-electron chi connectivity index (χ1n) is 3.47. The lowest BCUT2D eigenvalue weighted by atomic mass is 10.2. The summed E-state index contributed by atoms with van der Waals surface area (Å²) in [5.74, 6) is 0.528. The normalized spacial score (nSPS) is 10.1. The van der Waals surface area contributed by atoms with Crippen LogP contribution in [0.5, 0.6) is 0 Å². The fourth-order valence-electron chi connectivity index (χ4n) is 0.921. The van der Waals surface area contributed by atoms with Gasteiger partial charge in [0.05, 0.1) is 0 Å².